The van der Waals surface area contributed by atoms with E-state index in [1.165, 1.54) is 4.88 Å². The van der Waals surface area contributed by atoms with Crippen molar-refractivity contribution in [2.45, 2.75) is 33.7 Å². The maximum absolute atomic E-state index is 5.79. The summed E-state index contributed by atoms with van der Waals surface area (Å²) in [5.41, 5.74) is 2.27. The van der Waals surface area contributed by atoms with Crippen molar-refractivity contribution in [1.82, 2.24) is 15.6 Å². The summed E-state index contributed by atoms with van der Waals surface area (Å²) in [6.45, 7) is 8.37. The van der Waals surface area contributed by atoms with Gasteiger partial charge in [0.25, 0.3) is 0 Å². The van der Waals surface area contributed by atoms with E-state index < -0.39 is 0 Å². The maximum atomic E-state index is 5.79. The third-order valence-electron chi connectivity index (χ3n) is 3.67. The molecule has 0 aliphatic carbocycles. The molecule has 2 aromatic rings. The van der Waals surface area contributed by atoms with Gasteiger partial charge in [0.2, 0.25) is 0 Å². The fraction of sp³-hybridized carbons (Fsp3) is 0.444. The van der Waals surface area contributed by atoms with Crippen LogP contribution in [0.1, 0.15) is 27.6 Å². The molecule has 1 heterocycles. The van der Waals surface area contributed by atoms with Crippen LogP contribution in [0.4, 0.5) is 0 Å². The zero-order chi connectivity index (χ0) is 17.4. The number of hydrogen-bond donors (Lipinski definition) is 2. The number of benzene rings is 1. The second-order valence-electron chi connectivity index (χ2n) is 5.57. The molecule has 2 rings (SSSR count). The van der Waals surface area contributed by atoms with E-state index in [9.17, 15) is 0 Å². The largest absolute Gasteiger partial charge is 0.493 e. The van der Waals surface area contributed by atoms with Gasteiger partial charge in [0.15, 0.2) is 5.96 Å². The summed E-state index contributed by atoms with van der Waals surface area (Å²) >= 11 is 1.72. The van der Waals surface area contributed by atoms with E-state index in [0.717, 1.165) is 40.9 Å². The first-order valence-electron chi connectivity index (χ1n) is 8.16. The lowest BCUT2D eigenvalue weighted by molar-refractivity contribution is 0.309. The number of thiazole rings is 1. The van der Waals surface area contributed by atoms with Crippen LogP contribution in [-0.4, -0.2) is 31.1 Å². The second kappa shape index (κ2) is 9.27. The molecular weight excluding hydrogens is 320 g/mol. The van der Waals surface area contributed by atoms with Crippen molar-refractivity contribution >= 4 is 17.3 Å². The van der Waals surface area contributed by atoms with Crippen LogP contribution >= 0.6 is 11.3 Å². The zero-order valence-electron chi connectivity index (χ0n) is 14.8. The number of aliphatic imine (C=N–C) groups is 1. The fourth-order valence-electron chi connectivity index (χ4n) is 2.17. The quantitative estimate of drug-likeness (QED) is 0.459. The third kappa shape index (κ3) is 5.53. The molecule has 0 saturated carbocycles. The standard InChI is InChI=1S/C18H26N4OS/c1-13-8-5-6-9-16(13)23-11-7-10-20-18(19-4)21-12-17-22-14(2)15(3)24-17/h5-6,8-9H,7,10-12H2,1-4H3,(H2,19,20,21). The second-order valence-corrected chi connectivity index (χ2v) is 6.86. The fourth-order valence-corrected chi connectivity index (χ4v) is 3.05. The first-order valence-corrected chi connectivity index (χ1v) is 8.97. The van der Waals surface area contributed by atoms with Crippen molar-refractivity contribution < 1.29 is 4.74 Å². The molecule has 0 radical (unpaired) electrons. The van der Waals surface area contributed by atoms with Gasteiger partial charge in [-0.25, -0.2) is 4.98 Å². The molecule has 24 heavy (non-hydrogen) atoms. The van der Waals surface area contributed by atoms with Crippen LogP contribution in [0.25, 0.3) is 0 Å². The Balaban J connectivity index is 1.65. The molecule has 0 aliphatic heterocycles. The molecule has 5 nitrogen and oxygen atoms in total. The molecule has 1 aromatic carbocycles. The molecule has 0 aliphatic rings. The molecular formula is C18H26N4OS. The van der Waals surface area contributed by atoms with E-state index >= 15 is 0 Å². The smallest absolute Gasteiger partial charge is 0.191 e. The molecule has 0 fully saturated rings. The Kier molecular flexibility index (Phi) is 7.06. The predicted octanol–water partition coefficient (Wildman–Crippen LogP) is 3.20. The summed E-state index contributed by atoms with van der Waals surface area (Å²) in [7, 11) is 1.78. The van der Waals surface area contributed by atoms with Crippen molar-refractivity contribution in [3.8, 4) is 5.75 Å². The van der Waals surface area contributed by atoms with Gasteiger partial charge in [0, 0.05) is 18.5 Å². The van der Waals surface area contributed by atoms with Crippen LogP contribution in [0.15, 0.2) is 29.3 Å². The van der Waals surface area contributed by atoms with E-state index in [1.807, 2.05) is 25.1 Å². The number of aryl methyl sites for hydroxylation is 3. The zero-order valence-corrected chi connectivity index (χ0v) is 15.7. The lowest BCUT2D eigenvalue weighted by Gasteiger charge is -2.12. The van der Waals surface area contributed by atoms with Crippen molar-refractivity contribution in [1.29, 1.82) is 0 Å². The van der Waals surface area contributed by atoms with E-state index in [1.54, 1.807) is 18.4 Å². The Labute approximate surface area is 148 Å². The van der Waals surface area contributed by atoms with Gasteiger partial charge >= 0.3 is 0 Å². The van der Waals surface area contributed by atoms with Gasteiger partial charge in [-0.05, 0) is 38.8 Å². The number of nitrogens with one attached hydrogen (secondary N) is 2. The Hall–Kier alpha value is -2.08. The lowest BCUT2D eigenvalue weighted by atomic mass is 10.2. The minimum atomic E-state index is 0.680. The van der Waals surface area contributed by atoms with Crippen LogP contribution in [0.3, 0.4) is 0 Å². The number of aromatic nitrogens is 1. The minimum Gasteiger partial charge on any atom is -0.493 e. The summed E-state index contributed by atoms with van der Waals surface area (Å²) in [6.07, 6.45) is 0.907. The minimum absolute atomic E-state index is 0.680. The highest BCUT2D eigenvalue weighted by Crippen LogP contribution is 2.16. The topological polar surface area (TPSA) is 58.5 Å². The molecule has 0 saturated heterocycles. The van der Waals surface area contributed by atoms with Crippen molar-refractivity contribution in [2.24, 2.45) is 4.99 Å². The van der Waals surface area contributed by atoms with Crippen molar-refractivity contribution in [3.63, 3.8) is 0 Å². The lowest BCUT2D eigenvalue weighted by Crippen LogP contribution is -2.37. The summed E-state index contributed by atoms with van der Waals surface area (Å²) in [5, 5.41) is 7.67. The number of rotatable bonds is 7. The van der Waals surface area contributed by atoms with E-state index in [4.69, 9.17) is 4.74 Å². The average molecular weight is 347 g/mol. The summed E-state index contributed by atoms with van der Waals surface area (Å²) < 4.78 is 5.79. The Morgan fingerprint density at radius 2 is 2.00 bits per heavy atom. The van der Waals surface area contributed by atoms with Gasteiger partial charge in [-0.1, -0.05) is 18.2 Å². The first-order chi connectivity index (χ1) is 11.6. The molecule has 0 unspecified atom stereocenters. The van der Waals surface area contributed by atoms with Crippen molar-refractivity contribution in [2.75, 3.05) is 20.2 Å². The number of ether oxygens (including phenoxy) is 1. The summed E-state index contributed by atoms with van der Waals surface area (Å²) in [4.78, 5) is 10.0. The van der Waals surface area contributed by atoms with Gasteiger partial charge in [0.05, 0.1) is 18.8 Å². The van der Waals surface area contributed by atoms with E-state index in [0.29, 0.717) is 13.2 Å². The Morgan fingerprint density at radius 1 is 1.21 bits per heavy atom. The number of hydrogen-bond acceptors (Lipinski definition) is 4. The molecule has 0 spiro atoms. The van der Waals surface area contributed by atoms with Crippen LogP contribution in [0.2, 0.25) is 0 Å². The van der Waals surface area contributed by atoms with Gasteiger partial charge in [-0.15, -0.1) is 11.3 Å². The SMILES string of the molecule is CN=C(NCCCOc1ccccc1C)NCc1nc(C)c(C)s1. The summed E-state index contributed by atoms with van der Waals surface area (Å²) in [6, 6.07) is 8.07. The van der Waals surface area contributed by atoms with Gasteiger partial charge in [-0.3, -0.25) is 4.99 Å². The highest BCUT2D eigenvalue weighted by molar-refractivity contribution is 7.11. The molecule has 130 valence electrons. The highest BCUT2D eigenvalue weighted by Gasteiger charge is 2.04. The van der Waals surface area contributed by atoms with Crippen molar-refractivity contribution in [3.05, 3.63) is 45.4 Å². The van der Waals surface area contributed by atoms with Crippen LogP contribution in [0, 0.1) is 20.8 Å². The monoisotopic (exact) mass is 346 g/mol. The number of para-hydroxylation sites is 1. The van der Waals surface area contributed by atoms with Crippen LogP contribution < -0.4 is 15.4 Å². The highest BCUT2D eigenvalue weighted by atomic mass is 32.1. The average Bonchev–Trinajstić information content (AvgIpc) is 2.90. The van der Waals surface area contributed by atoms with E-state index in [-0.39, 0.29) is 0 Å². The van der Waals surface area contributed by atoms with Crippen LogP contribution in [-0.2, 0) is 6.54 Å². The Bertz CT molecular complexity index is 662. The molecule has 0 bridgehead atoms. The summed E-state index contributed by atoms with van der Waals surface area (Å²) in [5.74, 6) is 1.74. The first kappa shape index (κ1) is 18.3. The van der Waals surface area contributed by atoms with Gasteiger partial charge in [-0.2, -0.15) is 0 Å². The predicted molar refractivity (Wildman–Crippen MR) is 101 cm³/mol. The maximum Gasteiger partial charge on any atom is 0.191 e. The third-order valence-corrected chi connectivity index (χ3v) is 4.74. The Morgan fingerprint density at radius 3 is 2.67 bits per heavy atom. The molecule has 1 aromatic heterocycles. The molecule has 0 atom stereocenters. The van der Waals surface area contributed by atoms with Crippen LogP contribution in [0.5, 0.6) is 5.75 Å². The number of nitrogens with zero attached hydrogens (tertiary/aromatic N) is 2. The molecule has 2 N–H and O–H groups in total. The van der Waals surface area contributed by atoms with Gasteiger partial charge in [0.1, 0.15) is 10.8 Å². The molecule has 6 heteroatoms. The normalized spacial score (nSPS) is 11.4. The van der Waals surface area contributed by atoms with E-state index in [2.05, 4.69) is 40.5 Å². The number of guanidine groups is 1. The van der Waals surface area contributed by atoms with Gasteiger partial charge < -0.3 is 15.4 Å². The molecule has 0 amide bonds.